The van der Waals surface area contributed by atoms with Crippen molar-refractivity contribution in [1.82, 2.24) is 4.90 Å². The Morgan fingerprint density at radius 3 is 2.60 bits per heavy atom. The highest BCUT2D eigenvalue weighted by atomic mass is 35.5. The predicted octanol–water partition coefficient (Wildman–Crippen LogP) is 3.31. The molecule has 0 spiro atoms. The van der Waals surface area contributed by atoms with E-state index in [0.717, 1.165) is 37.7 Å². The molecule has 1 aromatic carbocycles. The molecule has 5 nitrogen and oxygen atoms in total. The van der Waals surface area contributed by atoms with Crippen molar-refractivity contribution in [1.29, 1.82) is 0 Å². The standard InChI is InChI=1S/C19H21ClN2O3/c20-16-3-5-17(6-4-16)22-11-9-21(10-12-22)13-15-25-19(23)8-7-18-2-1-14-24-18/h1-8,14H,9-13,15H2/b8-7+. The van der Waals surface area contributed by atoms with Crippen molar-refractivity contribution in [2.24, 2.45) is 0 Å². The minimum Gasteiger partial charge on any atom is -0.465 e. The average molecular weight is 361 g/mol. The van der Waals surface area contributed by atoms with E-state index in [4.69, 9.17) is 20.8 Å². The molecule has 132 valence electrons. The summed E-state index contributed by atoms with van der Waals surface area (Å²) in [5, 5.41) is 0.755. The molecule has 2 heterocycles. The Balaban J connectivity index is 1.35. The molecule has 0 N–H and O–H groups in total. The summed E-state index contributed by atoms with van der Waals surface area (Å²) in [5.41, 5.74) is 1.19. The summed E-state index contributed by atoms with van der Waals surface area (Å²) >= 11 is 5.93. The predicted molar refractivity (Wildman–Crippen MR) is 98.8 cm³/mol. The summed E-state index contributed by atoms with van der Waals surface area (Å²) in [6, 6.07) is 11.5. The van der Waals surface area contributed by atoms with Gasteiger partial charge in [0.2, 0.25) is 0 Å². The van der Waals surface area contributed by atoms with Gasteiger partial charge in [0.05, 0.1) is 6.26 Å². The molecule has 0 aliphatic carbocycles. The normalized spacial score (nSPS) is 15.6. The van der Waals surface area contributed by atoms with E-state index in [1.165, 1.54) is 11.8 Å². The molecule has 2 aromatic rings. The van der Waals surface area contributed by atoms with Crippen molar-refractivity contribution in [2.75, 3.05) is 44.2 Å². The molecule has 1 saturated heterocycles. The van der Waals surface area contributed by atoms with Crippen molar-refractivity contribution in [3.05, 3.63) is 59.5 Å². The second-order valence-corrected chi connectivity index (χ2v) is 6.26. The van der Waals surface area contributed by atoms with Gasteiger partial charge in [-0.1, -0.05) is 11.6 Å². The van der Waals surface area contributed by atoms with Crippen molar-refractivity contribution in [3.63, 3.8) is 0 Å². The Hall–Kier alpha value is -2.24. The largest absolute Gasteiger partial charge is 0.465 e. The van der Waals surface area contributed by atoms with Crippen molar-refractivity contribution in [2.45, 2.75) is 0 Å². The van der Waals surface area contributed by atoms with E-state index in [1.807, 2.05) is 24.3 Å². The Labute approximate surface area is 152 Å². The van der Waals surface area contributed by atoms with Gasteiger partial charge in [0.1, 0.15) is 12.4 Å². The molecule has 1 aliphatic heterocycles. The first-order chi connectivity index (χ1) is 12.2. The van der Waals surface area contributed by atoms with E-state index in [-0.39, 0.29) is 5.97 Å². The maximum atomic E-state index is 11.7. The van der Waals surface area contributed by atoms with E-state index in [2.05, 4.69) is 9.80 Å². The molecule has 0 saturated carbocycles. The van der Waals surface area contributed by atoms with Gasteiger partial charge in [-0.3, -0.25) is 4.90 Å². The molecule has 0 amide bonds. The van der Waals surface area contributed by atoms with Gasteiger partial charge in [0.25, 0.3) is 0 Å². The molecule has 3 rings (SSSR count). The summed E-state index contributed by atoms with van der Waals surface area (Å²) in [4.78, 5) is 16.3. The monoisotopic (exact) mass is 360 g/mol. The summed E-state index contributed by atoms with van der Waals surface area (Å²) < 4.78 is 10.4. The van der Waals surface area contributed by atoms with Gasteiger partial charge in [-0.2, -0.15) is 0 Å². The fourth-order valence-electron chi connectivity index (χ4n) is 2.74. The zero-order valence-corrected chi connectivity index (χ0v) is 14.7. The van der Waals surface area contributed by atoms with Crippen LogP contribution in [0.15, 0.2) is 53.2 Å². The van der Waals surface area contributed by atoms with Crippen LogP contribution in [0.5, 0.6) is 0 Å². The first kappa shape index (κ1) is 17.6. The fourth-order valence-corrected chi connectivity index (χ4v) is 2.87. The van der Waals surface area contributed by atoms with Gasteiger partial charge in [-0.15, -0.1) is 0 Å². The molecule has 6 heteroatoms. The second-order valence-electron chi connectivity index (χ2n) is 5.82. The van der Waals surface area contributed by atoms with Gasteiger partial charge < -0.3 is 14.1 Å². The average Bonchev–Trinajstić information content (AvgIpc) is 3.15. The maximum Gasteiger partial charge on any atom is 0.330 e. The molecule has 0 bridgehead atoms. The van der Waals surface area contributed by atoms with Gasteiger partial charge >= 0.3 is 5.97 Å². The third kappa shape index (κ3) is 5.37. The second kappa shape index (κ2) is 8.74. The smallest absolute Gasteiger partial charge is 0.330 e. The lowest BCUT2D eigenvalue weighted by Crippen LogP contribution is -2.47. The number of anilines is 1. The lowest BCUT2D eigenvalue weighted by atomic mass is 10.2. The topological polar surface area (TPSA) is 45.9 Å². The number of carbonyl (C=O) groups excluding carboxylic acids is 1. The third-order valence-electron chi connectivity index (χ3n) is 4.14. The minimum atomic E-state index is -0.351. The number of ether oxygens (including phenoxy) is 1. The van der Waals surface area contributed by atoms with E-state index < -0.39 is 0 Å². The van der Waals surface area contributed by atoms with Crippen LogP contribution in [0.4, 0.5) is 5.69 Å². The number of halogens is 1. The Bertz CT molecular complexity index is 690. The van der Waals surface area contributed by atoms with Crippen LogP contribution in [-0.4, -0.2) is 50.2 Å². The van der Waals surface area contributed by atoms with Crippen LogP contribution in [0.1, 0.15) is 5.76 Å². The number of hydrogen-bond acceptors (Lipinski definition) is 5. The Kier molecular flexibility index (Phi) is 6.14. The number of esters is 1. The van der Waals surface area contributed by atoms with Crippen LogP contribution in [0.3, 0.4) is 0 Å². The highest BCUT2D eigenvalue weighted by Crippen LogP contribution is 2.19. The molecule has 0 atom stereocenters. The first-order valence-electron chi connectivity index (χ1n) is 8.32. The molecule has 25 heavy (non-hydrogen) atoms. The molecule has 0 unspecified atom stereocenters. The summed E-state index contributed by atoms with van der Waals surface area (Å²) in [6.45, 7) is 4.93. The van der Waals surface area contributed by atoms with Gasteiger partial charge in [-0.05, 0) is 42.5 Å². The van der Waals surface area contributed by atoms with Gasteiger partial charge in [0, 0.05) is 49.5 Å². The van der Waals surface area contributed by atoms with Crippen molar-refractivity contribution < 1.29 is 13.9 Å². The number of carbonyl (C=O) groups is 1. The third-order valence-corrected chi connectivity index (χ3v) is 4.39. The van der Waals surface area contributed by atoms with Gasteiger partial charge in [-0.25, -0.2) is 4.79 Å². The van der Waals surface area contributed by atoms with Gasteiger partial charge in [0.15, 0.2) is 0 Å². The zero-order valence-electron chi connectivity index (χ0n) is 13.9. The molecule has 1 fully saturated rings. The number of piperazine rings is 1. The summed E-state index contributed by atoms with van der Waals surface area (Å²) in [7, 11) is 0. The van der Waals surface area contributed by atoms with E-state index in [9.17, 15) is 4.79 Å². The van der Waals surface area contributed by atoms with E-state index in [1.54, 1.807) is 24.5 Å². The van der Waals surface area contributed by atoms with E-state index in [0.29, 0.717) is 12.4 Å². The first-order valence-corrected chi connectivity index (χ1v) is 8.70. The van der Waals surface area contributed by atoms with Crippen LogP contribution in [0.2, 0.25) is 5.02 Å². The zero-order chi connectivity index (χ0) is 17.5. The number of benzene rings is 1. The molecular formula is C19H21ClN2O3. The molecular weight excluding hydrogens is 340 g/mol. The quantitative estimate of drug-likeness (QED) is 0.584. The summed E-state index contributed by atoms with van der Waals surface area (Å²) in [6.07, 6.45) is 4.55. The van der Waals surface area contributed by atoms with Crippen molar-refractivity contribution >= 4 is 29.3 Å². The highest BCUT2D eigenvalue weighted by molar-refractivity contribution is 6.30. The number of nitrogens with zero attached hydrogens (tertiary/aromatic N) is 2. The number of furan rings is 1. The van der Waals surface area contributed by atoms with Crippen LogP contribution in [-0.2, 0) is 9.53 Å². The Morgan fingerprint density at radius 1 is 1.16 bits per heavy atom. The minimum absolute atomic E-state index is 0.351. The molecule has 1 aromatic heterocycles. The maximum absolute atomic E-state index is 11.7. The van der Waals surface area contributed by atoms with Crippen LogP contribution >= 0.6 is 11.6 Å². The Morgan fingerprint density at radius 2 is 1.92 bits per heavy atom. The lowest BCUT2D eigenvalue weighted by molar-refractivity contribution is -0.138. The van der Waals surface area contributed by atoms with Crippen molar-refractivity contribution in [3.8, 4) is 0 Å². The highest BCUT2D eigenvalue weighted by Gasteiger charge is 2.17. The van der Waals surface area contributed by atoms with Crippen LogP contribution in [0.25, 0.3) is 6.08 Å². The number of hydrogen-bond donors (Lipinski definition) is 0. The molecule has 0 radical (unpaired) electrons. The molecule has 1 aliphatic rings. The summed E-state index contributed by atoms with van der Waals surface area (Å²) in [5.74, 6) is 0.284. The van der Waals surface area contributed by atoms with Crippen LogP contribution < -0.4 is 4.90 Å². The lowest BCUT2D eigenvalue weighted by Gasteiger charge is -2.35. The number of rotatable bonds is 6. The fraction of sp³-hybridized carbons (Fsp3) is 0.316. The van der Waals surface area contributed by atoms with Crippen LogP contribution in [0, 0.1) is 0 Å². The SMILES string of the molecule is O=C(/C=C/c1ccco1)OCCN1CCN(c2ccc(Cl)cc2)CC1. The van der Waals surface area contributed by atoms with E-state index >= 15 is 0 Å².